The zero-order valence-corrected chi connectivity index (χ0v) is 12.7. The van der Waals surface area contributed by atoms with Gasteiger partial charge < -0.3 is 15.2 Å². The van der Waals surface area contributed by atoms with Gasteiger partial charge in [0.25, 0.3) is 0 Å². The molecule has 0 amide bonds. The highest BCUT2D eigenvalue weighted by Crippen LogP contribution is 2.29. The SMILES string of the molecule is COCCOc1ccccc1C(N)c1cc(C)nnc1C. The lowest BCUT2D eigenvalue weighted by molar-refractivity contribution is 0.145. The zero-order valence-electron chi connectivity index (χ0n) is 12.7. The van der Waals surface area contributed by atoms with Crippen molar-refractivity contribution in [2.45, 2.75) is 19.9 Å². The van der Waals surface area contributed by atoms with Gasteiger partial charge in [-0.05, 0) is 31.5 Å². The highest BCUT2D eigenvalue weighted by Gasteiger charge is 2.17. The van der Waals surface area contributed by atoms with E-state index in [1.807, 2.05) is 44.2 Å². The van der Waals surface area contributed by atoms with Crippen molar-refractivity contribution in [3.8, 4) is 5.75 Å². The van der Waals surface area contributed by atoms with Crippen LogP contribution in [0.2, 0.25) is 0 Å². The van der Waals surface area contributed by atoms with Crippen molar-refractivity contribution >= 4 is 0 Å². The second-order valence-electron chi connectivity index (χ2n) is 4.88. The van der Waals surface area contributed by atoms with E-state index in [4.69, 9.17) is 15.2 Å². The van der Waals surface area contributed by atoms with E-state index in [9.17, 15) is 0 Å². The number of methoxy groups -OCH3 is 1. The van der Waals surface area contributed by atoms with Crippen LogP contribution < -0.4 is 10.5 Å². The second-order valence-corrected chi connectivity index (χ2v) is 4.88. The Balaban J connectivity index is 2.30. The third kappa shape index (κ3) is 3.77. The summed E-state index contributed by atoms with van der Waals surface area (Å²) < 4.78 is 10.8. The summed E-state index contributed by atoms with van der Waals surface area (Å²) in [5.74, 6) is 0.774. The Bertz CT molecular complexity index is 602. The topological polar surface area (TPSA) is 70.3 Å². The monoisotopic (exact) mass is 287 g/mol. The Morgan fingerprint density at radius 1 is 1.10 bits per heavy atom. The molecule has 1 atom stereocenters. The molecule has 1 aromatic carbocycles. The van der Waals surface area contributed by atoms with E-state index >= 15 is 0 Å². The first-order valence-electron chi connectivity index (χ1n) is 6.90. The zero-order chi connectivity index (χ0) is 15.2. The van der Waals surface area contributed by atoms with E-state index in [2.05, 4.69) is 10.2 Å². The van der Waals surface area contributed by atoms with Crippen LogP contribution in [0.25, 0.3) is 0 Å². The quantitative estimate of drug-likeness (QED) is 0.824. The molecule has 2 aromatic rings. The minimum atomic E-state index is -0.294. The van der Waals surface area contributed by atoms with Crippen molar-refractivity contribution in [3.05, 3.63) is 52.8 Å². The molecule has 0 radical (unpaired) electrons. The van der Waals surface area contributed by atoms with E-state index in [1.165, 1.54) is 0 Å². The highest BCUT2D eigenvalue weighted by atomic mass is 16.5. The van der Waals surface area contributed by atoms with Crippen molar-refractivity contribution in [2.75, 3.05) is 20.3 Å². The summed E-state index contributed by atoms with van der Waals surface area (Å²) in [5, 5.41) is 8.18. The number of aromatic nitrogens is 2. The molecule has 0 saturated heterocycles. The van der Waals surface area contributed by atoms with Crippen molar-refractivity contribution in [3.63, 3.8) is 0 Å². The summed E-state index contributed by atoms with van der Waals surface area (Å²) in [6, 6.07) is 9.46. The van der Waals surface area contributed by atoms with Crippen molar-refractivity contribution in [1.29, 1.82) is 0 Å². The second kappa shape index (κ2) is 7.15. The maximum Gasteiger partial charge on any atom is 0.124 e. The summed E-state index contributed by atoms with van der Waals surface area (Å²) in [7, 11) is 1.65. The molecule has 0 bridgehead atoms. The summed E-state index contributed by atoms with van der Waals surface area (Å²) in [5.41, 5.74) is 9.99. The molecule has 0 aliphatic rings. The van der Waals surface area contributed by atoms with E-state index in [0.717, 1.165) is 28.3 Å². The summed E-state index contributed by atoms with van der Waals surface area (Å²) in [6.07, 6.45) is 0. The molecule has 0 aliphatic carbocycles. The average Bonchev–Trinajstić information content (AvgIpc) is 2.50. The lowest BCUT2D eigenvalue weighted by Crippen LogP contribution is -2.17. The van der Waals surface area contributed by atoms with Gasteiger partial charge in [-0.15, -0.1) is 0 Å². The molecule has 1 aromatic heterocycles. The molecule has 1 heterocycles. The van der Waals surface area contributed by atoms with Crippen molar-refractivity contribution < 1.29 is 9.47 Å². The summed E-state index contributed by atoms with van der Waals surface area (Å²) >= 11 is 0. The third-order valence-corrected chi connectivity index (χ3v) is 3.27. The van der Waals surface area contributed by atoms with Gasteiger partial charge in [0.1, 0.15) is 12.4 Å². The van der Waals surface area contributed by atoms with Crippen LogP contribution in [0.4, 0.5) is 0 Å². The maximum absolute atomic E-state index is 6.41. The van der Waals surface area contributed by atoms with E-state index < -0.39 is 0 Å². The molecule has 5 nitrogen and oxygen atoms in total. The van der Waals surface area contributed by atoms with Crippen LogP contribution in [0.5, 0.6) is 5.75 Å². The Kier molecular flexibility index (Phi) is 5.25. The molecule has 0 spiro atoms. The molecule has 2 N–H and O–H groups in total. The van der Waals surface area contributed by atoms with Crippen LogP contribution in [0.3, 0.4) is 0 Å². The summed E-state index contributed by atoms with van der Waals surface area (Å²) in [4.78, 5) is 0. The van der Waals surface area contributed by atoms with Crippen LogP contribution in [-0.4, -0.2) is 30.5 Å². The van der Waals surface area contributed by atoms with E-state index in [-0.39, 0.29) is 6.04 Å². The minimum Gasteiger partial charge on any atom is -0.491 e. The molecule has 2 rings (SSSR count). The van der Waals surface area contributed by atoms with Gasteiger partial charge in [0, 0.05) is 12.7 Å². The van der Waals surface area contributed by atoms with Crippen LogP contribution in [-0.2, 0) is 4.74 Å². The number of aryl methyl sites for hydroxylation is 2. The molecule has 112 valence electrons. The van der Waals surface area contributed by atoms with Gasteiger partial charge in [0.2, 0.25) is 0 Å². The third-order valence-electron chi connectivity index (χ3n) is 3.27. The molecule has 0 saturated carbocycles. The van der Waals surface area contributed by atoms with Crippen LogP contribution >= 0.6 is 0 Å². The van der Waals surface area contributed by atoms with E-state index in [1.54, 1.807) is 7.11 Å². The number of nitrogens with zero attached hydrogens (tertiary/aromatic N) is 2. The van der Waals surface area contributed by atoms with Gasteiger partial charge in [-0.1, -0.05) is 18.2 Å². The van der Waals surface area contributed by atoms with Crippen LogP contribution in [0, 0.1) is 13.8 Å². The first-order chi connectivity index (χ1) is 10.1. The van der Waals surface area contributed by atoms with Gasteiger partial charge >= 0.3 is 0 Å². The normalized spacial score (nSPS) is 12.2. The number of hydrogen-bond acceptors (Lipinski definition) is 5. The average molecular weight is 287 g/mol. The van der Waals surface area contributed by atoms with Gasteiger partial charge in [0.15, 0.2) is 0 Å². The van der Waals surface area contributed by atoms with E-state index in [0.29, 0.717) is 13.2 Å². The lowest BCUT2D eigenvalue weighted by atomic mass is 9.97. The van der Waals surface area contributed by atoms with Gasteiger partial charge in [0.05, 0.1) is 24.0 Å². The predicted molar refractivity (Wildman–Crippen MR) is 81.3 cm³/mol. The van der Waals surface area contributed by atoms with Crippen LogP contribution in [0.15, 0.2) is 30.3 Å². The fraction of sp³-hybridized carbons (Fsp3) is 0.375. The predicted octanol–water partition coefficient (Wildman–Crippen LogP) is 2.17. The number of rotatable bonds is 6. The minimum absolute atomic E-state index is 0.294. The van der Waals surface area contributed by atoms with Crippen LogP contribution in [0.1, 0.15) is 28.6 Å². The van der Waals surface area contributed by atoms with Gasteiger partial charge in [-0.3, -0.25) is 0 Å². The summed E-state index contributed by atoms with van der Waals surface area (Å²) in [6.45, 7) is 4.85. The molecular weight excluding hydrogens is 266 g/mol. The molecule has 21 heavy (non-hydrogen) atoms. The Morgan fingerprint density at radius 3 is 2.62 bits per heavy atom. The number of ether oxygens (including phenoxy) is 2. The number of para-hydroxylation sites is 1. The standard InChI is InChI=1S/C16H21N3O2/c1-11-10-14(12(2)19-18-11)16(17)13-6-4-5-7-15(13)21-9-8-20-3/h4-7,10,16H,8-9,17H2,1-3H3. The van der Waals surface area contributed by atoms with Gasteiger partial charge in [-0.25, -0.2) is 0 Å². The van der Waals surface area contributed by atoms with Crippen molar-refractivity contribution in [1.82, 2.24) is 10.2 Å². The molecule has 5 heteroatoms. The molecule has 0 aliphatic heterocycles. The number of nitrogens with two attached hydrogens (primary N) is 1. The molecule has 0 fully saturated rings. The Morgan fingerprint density at radius 2 is 1.86 bits per heavy atom. The largest absolute Gasteiger partial charge is 0.491 e. The highest BCUT2D eigenvalue weighted by molar-refractivity contribution is 5.42. The Hall–Kier alpha value is -1.98. The number of benzene rings is 1. The fourth-order valence-corrected chi connectivity index (χ4v) is 2.16. The molecular formula is C16H21N3O2. The maximum atomic E-state index is 6.41. The smallest absolute Gasteiger partial charge is 0.124 e. The molecule has 1 unspecified atom stereocenters. The first kappa shape index (κ1) is 15.4. The Labute approximate surface area is 125 Å². The van der Waals surface area contributed by atoms with Crippen molar-refractivity contribution in [2.24, 2.45) is 5.73 Å². The lowest BCUT2D eigenvalue weighted by Gasteiger charge is -2.18. The number of hydrogen-bond donors (Lipinski definition) is 1. The van der Waals surface area contributed by atoms with Gasteiger partial charge in [-0.2, -0.15) is 10.2 Å². The fourth-order valence-electron chi connectivity index (χ4n) is 2.16. The first-order valence-corrected chi connectivity index (χ1v) is 6.90.